The van der Waals surface area contributed by atoms with E-state index in [4.69, 9.17) is 9.47 Å². The predicted octanol–water partition coefficient (Wildman–Crippen LogP) is 5.16. The van der Waals surface area contributed by atoms with Crippen LogP contribution in [-0.4, -0.2) is 61.3 Å². The van der Waals surface area contributed by atoms with Gasteiger partial charge in [0.25, 0.3) is 5.91 Å². The van der Waals surface area contributed by atoms with Gasteiger partial charge in [0.05, 0.1) is 7.11 Å². The van der Waals surface area contributed by atoms with Gasteiger partial charge in [0.2, 0.25) is 0 Å². The Morgan fingerprint density at radius 1 is 1.00 bits per heavy atom. The number of phenols is 1. The van der Waals surface area contributed by atoms with Gasteiger partial charge in [0, 0.05) is 61.6 Å². The average Bonchev–Trinajstić information content (AvgIpc) is 2.89. The van der Waals surface area contributed by atoms with E-state index in [0.29, 0.717) is 29.0 Å². The number of hydrogen-bond donors (Lipinski definition) is 2. The van der Waals surface area contributed by atoms with Crippen molar-refractivity contribution in [2.45, 2.75) is 32.9 Å². The molecule has 1 amide bonds. The van der Waals surface area contributed by atoms with Crippen LogP contribution >= 0.6 is 0 Å². The van der Waals surface area contributed by atoms with Crippen molar-refractivity contribution in [2.75, 3.05) is 38.2 Å². The lowest BCUT2D eigenvalue weighted by molar-refractivity contribution is 0.0903. The fraction of sp³-hybridized carbons (Fsp3) is 0.367. The van der Waals surface area contributed by atoms with Gasteiger partial charge in [0.1, 0.15) is 23.0 Å². The number of benzene rings is 3. The molecule has 3 aromatic carbocycles. The molecule has 7 nitrogen and oxygen atoms in total. The zero-order chi connectivity index (χ0) is 26.4. The summed E-state index contributed by atoms with van der Waals surface area (Å²) in [6, 6.07) is 22.4. The molecule has 1 saturated heterocycles. The molecule has 1 heterocycles. The molecule has 3 aromatic rings. The largest absolute Gasteiger partial charge is 0.508 e. The topological polar surface area (TPSA) is 74.3 Å². The minimum atomic E-state index is -0.0851. The van der Waals surface area contributed by atoms with Crippen LogP contribution < -0.4 is 19.7 Å². The number of aromatic hydroxyl groups is 1. The minimum Gasteiger partial charge on any atom is -0.508 e. The second kappa shape index (κ2) is 12.0. The van der Waals surface area contributed by atoms with Crippen molar-refractivity contribution >= 4 is 11.6 Å². The maximum absolute atomic E-state index is 13.1. The molecule has 1 aliphatic rings. The van der Waals surface area contributed by atoms with Crippen LogP contribution in [0, 0.1) is 5.92 Å². The first kappa shape index (κ1) is 26.4. The van der Waals surface area contributed by atoms with E-state index < -0.39 is 0 Å². The number of rotatable bonds is 9. The van der Waals surface area contributed by atoms with Crippen LogP contribution in [0.2, 0.25) is 0 Å². The van der Waals surface area contributed by atoms with Gasteiger partial charge in [-0.1, -0.05) is 26.0 Å². The summed E-state index contributed by atoms with van der Waals surface area (Å²) in [5, 5.41) is 13.1. The quantitative estimate of drug-likeness (QED) is 0.420. The summed E-state index contributed by atoms with van der Waals surface area (Å²) in [6.45, 7) is 9.94. The maximum Gasteiger partial charge on any atom is 0.251 e. The number of piperazine rings is 1. The van der Waals surface area contributed by atoms with E-state index >= 15 is 0 Å². The molecule has 0 saturated carbocycles. The number of carbonyl (C=O) groups is 1. The molecule has 0 spiro atoms. The van der Waals surface area contributed by atoms with Gasteiger partial charge in [0.15, 0.2) is 0 Å². The maximum atomic E-state index is 13.1. The van der Waals surface area contributed by atoms with Crippen LogP contribution in [-0.2, 0) is 0 Å². The van der Waals surface area contributed by atoms with E-state index in [9.17, 15) is 9.90 Å². The number of amides is 1. The lowest BCUT2D eigenvalue weighted by atomic mass is 10.0. The first-order chi connectivity index (χ1) is 17.8. The molecule has 2 N–H and O–H groups in total. The molecule has 37 heavy (non-hydrogen) atoms. The lowest BCUT2D eigenvalue weighted by Gasteiger charge is -2.42. The highest BCUT2D eigenvalue weighted by Crippen LogP contribution is 2.26. The summed E-state index contributed by atoms with van der Waals surface area (Å²) >= 11 is 0. The van der Waals surface area contributed by atoms with Gasteiger partial charge >= 0.3 is 0 Å². The van der Waals surface area contributed by atoms with Gasteiger partial charge in [-0.2, -0.15) is 0 Å². The van der Waals surface area contributed by atoms with E-state index in [1.165, 1.54) is 0 Å². The number of hydrogen-bond acceptors (Lipinski definition) is 6. The van der Waals surface area contributed by atoms with Crippen LogP contribution in [0.1, 0.15) is 31.1 Å². The fourth-order valence-electron chi connectivity index (χ4n) is 4.68. The van der Waals surface area contributed by atoms with Crippen LogP contribution in [0.4, 0.5) is 5.69 Å². The minimum absolute atomic E-state index is 0.0275. The number of nitrogens with one attached hydrogen (secondary N) is 1. The lowest BCUT2D eigenvalue weighted by Crippen LogP contribution is -2.56. The Morgan fingerprint density at radius 3 is 2.41 bits per heavy atom. The zero-order valence-electron chi connectivity index (χ0n) is 22.1. The third-order valence-electron chi connectivity index (χ3n) is 6.84. The third kappa shape index (κ3) is 6.95. The van der Waals surface area contributed by atoms with E-state index in [2.05, 4.69) is 35.9 Å². The van der Waals surface area contributed by atoms with E-state index in [1.54, 1.807) is 37.4 Å². The van der Waals surface area contributed by atoms with Crippen molar-refractivity contribution in [1.29, 1.82) is 0 Å². The molecule has 196 valence electrons. The second-order valence-corrected chi connectivity index (χ2v) is 9.95. The van der Waals surface area contributed by atoms with Gasteiger partial charge in [-0.3, -0.25) is 9.69 Å². The Morgan fingerprint density at radius 2 is 1.73 bits per heavy atom. The molecule has 0 bridgehead atoms. The van der Waals surface area contributed by atoms with Crippen molar-refractivity contribution in [3.63, 3.8) is 0 Å². The molecule has 1 aliphatic heterocycles. The fourth-order valence-corrected chi connectivity index (χ4v) is 4.68. The average molecular weight is 504 g/mol. The molecule has 4 rings (SSSR count). The zero-order valence-corrected chi connectivity index (χ0v) is 22.1. The highest BCUT2D eigenvalue weighted by Gasteiger charge is 2.27. The smallest absolute Gasteiger partial charge is 0.251 e. The Hall–Kier alpha value is -3.71. The van der Waals surface area contributed by atoms with Gasteiger partial charge in [-0.15, -0.1) is 0 Å². The number of ether oxygens (including phenoxy) is 2. The van der Waals surface area contributed by atoms with E-state index in [1.807, 2.05) is 42.5 Å². The third-order valence-corrected chi connectivity index (χ3v) is 6.84. The number of nitrogens with zero attached hydrogens (tertiary/aromatic N) is 2. The van der Waals surface area contributed by atoms with E-state index in [-0.39, 0.29) is 17.7 Å². The number of carbonyl (C=O) groups excluding carboxylic acids is 1. The molecular formula is C30H37N3O4. The van der Waals surface area contributed by atoms with Gasteiger partial charge in [-0.25, -0.2) is 0 Å². The van der Waals surface area contributed by atoms with Crippen molar-refractivity contribution in [2.24, 2.45) is 5.92 Å². The second-order valence-electron chi connectivity index (χ2n) is 9.95. The predicted molar refractivity (Wildman–Crippen MR) is 147 cm³/mol. The molecule has 1 unspecified atom stereocenters. The normalized spacial score (nSPS) is 16.9. The highest BCUT2D eigenvalue weighted by molar-refractivity contribution is 5.94. The molecule has 2 atom stereocenters. The molecule has 1 fully saturated rings. The Balaban J connectivity index is 1.33. The summed E-state index contributed by atoms with van der Waals surface area (Å²) in [6.07, 6.45) is 0. The Kier molecular flexibility index (Phi) is 8.56. The van der Waals surface area contributed by atoms with Crippen LogP contribution in [0.25, 0.3) is 0 Å². The Labute approximate surface area is 219 Å². The number of methoxy groups -OCH3 is 1. The molecule has 0 radical (unpaired) electrons. The SMILES string of the molecule is COc1cccc(Oc2ccc(C(=O)NC(CN3CCN(c4cccc(O)c4)[C@@H](C)C3)C(C)C)cc2)c1. The first-order valence-corrected chi connectivity index (χ1v) is 12.8. The van der Waals surface area contributed by atoms with Crippen LogP contribution in [0.3, 0.4) is 0 Å². The number of anilines is 1. The molecule has 0 aromatic heterocycles. The standard InChI is InChI=1S/C30H37N3O4/c1-21(2)29(20-32-15-16-33(22(3)19-32)24-7-5-8-25(34)17-24)31-30(35)23-11-13-26(14-12-23)37-28-10-6-9-27(18-28)36-4/h5-14,17-18,21-22,29,34H,15-16,19-20H2,1-4H3,(H,31,35)/t22-,29?/m0/s1. The summed E-state index contributed by atoms with van der Waals surface area (Å²) < 4.78 is 11.1. The number of phenolic OH excluding ortho intramolecular Hbond substituents is 1. The van der Waals surface area contributed by atoms with Crippen molar-refractivity contribution in [3.8, 4) is 23.0 Å². The molecule has 7 heteroatoms. The summed E-state index contributed by atoms with van der Waals surface area (Å²) in [5.41, 5.74) is 1.64. The van der Waals surface area contributed by atoms with Crippen molar-refractivity contribution < 1.29 is 19.4 Å². The van der Waals surface area contributed by atoms with Crippen molar-refractivity contribution in [1.82, 2.24) is 10.2 Å². The van der Waals surface area contributed by atoms with Gasteiger partial charge in [-0.05, 0) is 61.4 Å². The van der Waals surface area contributed by atoms with Crippen molar-refractivity contribution in [3.05, 3.63) is 78.4 Å². The van der Waals surface area contributed by atoms with E-state index in [0.717, 1.165) is 37.6 Å². The summed E-state index contributed by atoms with van der Waals surface area (Å²) in [4.78, 5) is 17.8. The highest BCUT2D eigenvalue weighted by atomic mass is 16.5. The molecule has 0 aliphatic carbocycles. The van der Waals surface area contributed by atoms with Gasteiger partial charge < -0.3 is 24.8 Å². The monoisotopic (exact) mass is 503 g/mol. The first-order valence-electron chi connectivity index (χ1n) is 12.8. The Bertz CT molecular complexity index is 1180. The van der Waals surface area contributed by atoms with Crippen LogP contribution in [0.5, 0.6) is 23.0 Å². The summed E-state index contributed by atoms with van der Waals surface area (Å²) in [5.74, 6) is 2.55. The molecular weight excluding hydrogens is 466 g/mol. The summed E-state index contributed by atoms with van der Waals surface area (Å²) in [7, 11) is 1.62. The van der Waals surface area contributed by atoms with Crippen LogP contribution in [0.15, 0.2) is 72.8 Å².